The number of fused-ring (bicyclic) bond motifs is 40. The van der Waals surface area contributed by atoms with E-state index in [9.17, 15) is 0 Å². The fraction of sp³-hybridized carbons (Fsp3) is 0. The summed E-state index contributed by atoms with van der Waals surface area (Å²) in [5.74, 6) is 4.24. The van der Waals surface area contributed by atoms with Gasteiger partial charge in [0.1, 0.15) is 0 Å². The molecule has 0 radical (unpaired) electrons. The molecule has 8 aromatic carbocycles. The maximum absolute atomic E-state index is 5.43. The van der Waals surface area contributed by atoms with Crippen molar-refractivity contribution in [3.05, 3.63) is 182 Å². The molecule has 10 heterocycles. The molecule has 0 aliphatic carbocycles. The number of benzene rings is 8. The second kappa shape index (κ2) is 16.7. The summed E-state index contributed by atoms with van der Waals surface area (Å²) in [5, 5.41) is 7.10. The Labute approximate surface area is 462 Å². The number of nitrogens with zero attached hydrogens (tertiary/aromatic N) is 12. The van der Waals surface area contributed by atoms with Gasteiger partial charge in [-0.2, -0.15) is 0 Å². The third-order valence-electron chi connectivity index (χ3n) is 15.2. The Kier molecular flexibility index (Phi) is 9.10. The summed E-state index contributed by atoms with van der Waals surface area (Å²) in [6, 6.07) is 61.0. The van der Waals surface area contributed by atoms with Crippen molar-refractivity contribution in [1.82, 2.24) is 79.7 Å². The van der Waals surface area contributed by atoms with E-state index < -0.39 is 0 Å². The normalized spacial score (nSPS) is 12.3. The summed E-state index contributed by atoms with van der Waals surface area (Å²) >= 11 is 0.889. The molecule has 0 saturated heterocycles. The van der Waals surface area contributed by atoms with Gasteiger partial charge in [-0.15, -0.1) is 0 Å². The third-order valence-corrected chi connectivity index (χ3v) is 16.6. The average molecular weight is 1090 g/mol. The van der Waals surface area contributed by atoms with Crippen molar-refractivity contribution in [3.63, 3.8) is 0 Å². The standard InChI is InChI=1S/2C32H17N8.Co/c2*1-2-10-18-17(9-1)25-33-26(18)38-28-21-13-5-6-14-22(21)30(35-28)40-32-24-16-8-7-15-23(24)31(36-32)39-29-20-12-4-3-11-19(20)27(34-29)37-25;/h2*1-15H,(H2,33,34,35,36,37,38,39,40);. The number of aromatic nitrogens is 16. The molecule has 0 atom stereocenters. The molecule has 4 aliphatic rings. The summed E-state index contributed by atoms with van der Waals surface area (Å²) < 4.78 is 1.92. The van der Waals surface area contributed by atoms with Crippen LogP contribution >= 0.6 is 0 Å². The van der Waals surface area contributed by atoms with Crippen molar-refractivity contribution >= 4 is 97.3 Å². The number of nitrogens with one attached hydrogen (secondary N) is 4. The molecular weight excluding hydrogens is 1050 g/mol. The van der Waals surface area contributed by atoms with Crippen molar-refractivity contribution in [2.24, 2.45) is 0 Å². The fourth-order valence-electron chi connectivity index (χ4n) is 11.5. The fourth-order valence-corrected chi connectivity index (χ4v) is 13.0. The molecule has 6 aromatic heterocycles. The zero-order chi connectivity index (χ0) is 52.9. The van der Waals surface area contributed by atoms with Crippen molar-refractivity contribution < 1.29 is 14.7 Å². The Bertz CT molecular complexity index is 5150. The van der Waals surface area contributed by atoms with Crippen LogP contribution in [0, 0.1) is 0 Å². The van der Waals surface area contributed by atoms with Gasteiger partial charge in [0.25, 0.3) is 0 Å². The molecule has 18 rings (SSSR count). The van der Waals surface area contributed by atoms with Crippen LogP contribution in [0.15, 0.2) is 182 Å². The van der Waals surface area contributed by atoms with Gasteiger partial charge in [0.05, 0.1) is 0 Å². The van der Waals surface area contributed by atoms with Crippen LogP contribution in [0.1, 0.15) is 0 Å². The number of H-pyrrole nitrogens is 4. The zero-order valence-corrected chi connectivity index (χ0v) is 43.1. The summed E-state index contributed by atoms with van der Waals surface area (Å²) in [6.45, 7) is 0. The Morgan fingerprint density at radius 2 is 0.407 bits per heavy atom. The molecule has 17 heteroatoms. The first-order valence-corrected chi connectivity index (χ1v) is 27.2. The first kappa shape index (κ1) is 44.0. The second-order valence-corrected chi connectivity index (χ2v) is 21.2. The predicted octanol–water partition coefficient (Wildman–Crippen LogP) is 12.1. The Morgan fingerprint density at radius 3 is 0.679 bits per heavy atom. The van der Waals surface area contributed by atoms with Gasteiger partial charge >= 0.3 is 453 Å². The van der Waals surface area contributed by atoms with E-state index in [1.54, 1.807) is 0 Å². The molecule has 4 aliphatic heterocycles. The monoisotopic (exact) mass is 1090 g/mol. The predicted molar refractivity (Wildman–Crippen MR) is 311 cm³/mol. The minimum atomic E-state index is 0.516. The van der Waals surface area contributed by atoms with Crippen molar-refractivity contribution in [3.8, 4) is 91.1 Å². The molecule has 0 saturated carbocycles. The summed E-state index contributed by atoms with van der Waals surface area (Å²) in [7, 11) is 0. The topological polar surface area (TPSA) is 218 Å². The van der Waals surface area contributed by atoms with E-state index in [2.05, 4.69) is 56.3 Å². The Balaban J connectivity index is 0.912. The SMILES string of the molecule is c1ccc2c(c1)-c1nc-2nc2[nH]c(nc3nc(nc4[nH]c(n1)c1ccccc41)-c1ccccc1-3)c1[c]([Co][c]3cccc4c5nc6nc(nc7[nH]c(nc8nc(nc([nH]5)c34)-c3ccccc3-8)c3ccccc73)-c3ccccc3-6)cccc21. The minimum absolute atomic E-state index is 0.516. The molecular formula is C64H34CoN16. The van der Waals surface area contributed by atoms with Gasteiger partial charge in [-0.25, -0.2) is 0 Å². The molecule has 0 unspecified atom stereocenters. The summed E-state index contributed by atoms with van der Waals surface area (Å²) in [4.78, 5) is 77.3. The molecule has 0 spiro atoms. The molecule has 0 fully saturated rings. The molecule has 81 heavy (non-hydrogen) atoms. The van der Waals surface area contributed by atoms with Crippen LogP contribution in [-0.2, 0) is 14.7 Å². The van der Waals surface area contributed by atoms with Gasteiger partial charge in [0.15, 0.2) is 0 Å². The van der Waals surface area contributed by atoms with E-state index >= 15 is 0 Å². The molecule has 14 aromatic rings. The van der Waals surface area contributed by atoms with Crippen LogP contribution in [0.5, 0.6) is 0 Å². The average Bonchev–Trinajstić information content (AvgIpc) is 4.60. The van der Waals surface area contributed by atoms with Gasteiger partial charge in [0.2, 0.25) is 0 Å². The Hall–Kier alpha value is -11.0. The van der Waals surface area contributed by atoms with E-state index in [0.29, 0.717) is 91.8 Å². The quantitative estimate of drug-likeness (QED) is 0.127. The van der Waals surface area contributed by atoms with Crippen LogP contribution in [0.3, 0.4) is 0 Å². The van der Waals surface area contributed by atoms with Crippen molar-refractivity contribution in [1.29, 1.82) is 0 Å². The van der Waals surface area contributed by atoms with Crippen molar-refractivity contribution in [2.45, 2.75) is 0 Å². The molecule has 16 bridgehead atoms. The summed E-state index contributed by atoms with van der Waals surface area (Å²) in [5.41, 5.74) is 11.8. The number of hydrogen-bond donors (Lipinski definition) is 4. The van der Waals surface area contributed by atoms with Crippen molar-refractivity contribution in [2.75, 3.05) is 0 Å². The molecule has 4 N–H and O–H groups in total. The van der Waals surface area contributed by atoms with E-state index in [1.165, 1.54) is 0 Å². The van der Waals surface area contributed by atoms with Gasteiger partial charge < -0.3 is 0 Å². The van der Waals surface area contributed by atoms with E-state index in [4.69, 9.17) is 59.8 Å². The first-order valence-electron chi connectivity index (χ1n) is 26.2. The van der Waals surface area contributed by atoms with Crippen LogP contribution in [0.4, 0.5) is 0 Å². The van der Waals surface area contributed by atoms with Crippen LogP contribution in [-0.4, -0.2) is 79.7 Å². The van der Waals surface area contributed by atoms with Gasteiger partial charge in [-0.1, -0.05) is 12.1 Å². The zero-order valence-electron chi connectivity index (χ0n) is 42.0. The maximum atomic E-state index is 5.43. The number of hydrogen-bond acceptors (Lipinski definition) is 12. The van der Waals surface area contributed by atoms with Gasteiger partial charge in [0, 0.05) is 0 Å². The number of aromatic amines is 4. The second-order valence-electron chi connectivity index (χ2n) is 19.9. The van der Waals surface area contributed by atoms with Crippen LogP contribution in [0.25, 0.3) is 179 Å². The van der Waals surface area contributed by atoms with Crippen LogP contribution in [0.2, 0.25) is 0 Å². The van der Waals surface area contributed by atoms with E-state index in [-0.39, 0.29) is 0 Å². The van der Waals surface area contributed by atoms with E-state index in [1.807, 2.05) is 146 Å². The Morgan fingerprint density at radius 1 is 0.198 bits per heavy atom. The molecule has 16 nitrogen and oxygen atoms in total. The van der Waals surface area contributed by atoms with Gasteiger partial charge in [-0.05, 0) is 0 Å². The number of rotatable bonds is 2. The molecule has 0 amide bonds. The van der Waals surface area contributed by atoms with Crippen LogP contribution < -0.4 is 9.00 Å². The summed E-state index contributed by atoms with van der Waals surface area (Å²) in [6.07, 6.45) is 0. The first-order chi connectivity index (χ1) is 40.1. The van der Waals surface area contributed by atoms with E-state index in [0.717, 1.165) is 111 Å². The van der Waals surface area contributed by atoms with Gasteiger partial charge in [-0.3, -0.25) is 0 Å². The molecule has 379 valence electrons. The third kappa shape index (κ3) is 6.70.